The van der Waals surface area contributed by atoms with E-state index in [1.807, 2.05) is 0 Å². The first-order chi connectivity index (χ1) is 13.9. The minimum atomic E-state index is -0.467. The predicted molar refractivity (Wildman–Crippen MR) is 103 cm³/mol. The molecule has 0 radical (unpaired) electrons. The summed E-state index contributed by atoms with van der Waals surface area (Å²) in [5, 5.41) is 0. The van der Waals surface area contributed by atoms with Crippen LogP contribution >= 0.6 is 0 Å². The normalized spacial score (nSPS) is 11.2. The number of hydrogen-bond acceptors (Lipinski definition) is 8. The molecular formula is C19H37FO8. The fourth-order valence-corrected chi connectivity index (χ4v) is 1.76. The molecule has 0 aliphatic rings. The lowest BCUT2D eigenvalue weighted by Crippen LogP contribution is -2.15. The molecule has 0 spiro atoms. The van der Waals surface area contributed by atoms with Crippen molar-refractivity contribution in [3.8, 4) is 0 Å². The summed E-state index contributed by atoms with van der Waals surface area (Å²) in [5.74, 6) is 0. The van der Waals surface area contributed by atoms with Crippen LogP contribution in [-0.4, -0.2) is 112 Å². The van der Waals surface area contributed by atoms with Gasteiger partial charge >= 0.3 is 0 Å². The van der Waals surface area contributed by atoms with Gasteiger partial charge in [-0.25, -0.2) is 4.39 Å². The molecule has 0 aromatic rings. The van der Waals surface area contributed by atoms with E-state index in [4.69, 9.17) is 37.9 Å². The van der Waals surface area contributed by atoms with E-state index in [0.717, 1.165) is 0 Å². The molecule has 0 atom stereocenters. The molecule has 8 nitrogen and oxygen atoms in total. The maximum atomic E-state index is 11.7. The van der Waals surface area contributed by atoms with E-state index in [1.54, 1.807) is 6.08 Å². The number of halogens is 1. The lowest BCUT2D eigenvalue weighted by molar-refractivity contribution is -0.0228. The summed E-state index contributed by atoms with van der Waals surface area (Å²) in [6.45, 7) is 10.9. The van der Waals surface area contributed by atoms with Crippen LogP contribution in [0.3, 0.4) is 0 Å². The average molecular weight is 412 g/mol. The molecule has 0 aromatic carbocycles. The van der Waals surface area contributed by atoms with E-state index < -0.39 is 6.67 Å². The topological polar surface area (TPSA) is 73.8 Å². The zero-order valence-corrected chi connectivity index (χ0v) is 16.9. The van der Waals surface area contributed by atoms with Gasteiger partial charge in [0.1, 0.15) is 6.67 Å². The van der Waals surface area contributed by atoms with Crippen LogP contribution in [0, 0.1) is 0 Å². The summed E-state index contributed by atoms with van der Waals surface area (Å²) < 4.78 is 53.9. The van der Waals surface area contributed by atoms with Crippen LogP contribution < -0.4 is 0 Å². The molecule has 0 aromatic heterocycles. The molecule has 0 saturated carbocycles. The van der Waals surface area contributed by atoms with E-state index in [-0.39, 0.29) is 6.61 Å². The smallest absolute Gasteiger partial charge is 0.113 e. The highest BCUT2D eigenvalue weighted by Crippen LogP contribution is 1.85. The maximum absolute atomic E-state index is 11.7. The van der Waals surface area contributed by atoms with Gasteiger partial charge < -0.3 is 37.9 Å². The Labute approximate surface area is 168 Å². The molecule has 0 aliphatic heterocycles. The molecule has 0 amide bonds. The molecule has 0 aliphatic carbocycles. The van der Waals surface area contributed by atoms with Crippen molar-refractivity contribution in [2.24, 2.45) is 0 Å². The second kappa shape index (κ2) is 26.4. The number of alkyl halides is 1. The quantitative estimate of drug-likeness (QED) is 0.164. The Hall–Kier alpha value is -0.650. The number of hydrogen-bond donors (Lipinski definition) is 0. The Kier molecular flexibility index (Phi) is 25.7. The highest BCUT2D eigenvalue weighted by atomic mass is 19.1. The molecule has 0 N–H and O–H groups in total. The predicted octanol–water partition coefficient (Wildman–Crippen LogP) is 1.27. The van der Waals surface area contributed by atoms with Gasteiger partial charge in [-0.3, -0.25) is 0 Å². The van der Waals surface area contributed by atoms with E-state index in [1.165, 1.54) is 0 Å². The first kappa shape index (κ1) is 27.4. The monoisotopic (exact) mass is 412 g/mol. The zero-order valence-electron chi connectivity index (χ0n) is 16.9. The molecule has 0 fully saturated rings. The zero-order chi connectivity index (χ0) is 20.4. The van der Waals surface area contributed by atoms with Crippen molar-refractivity contribution in [3.63, 3.8) is 0 Å². The molecule has 0 unspecified atom stereocenters. The fraction of sp³-hybridized carbons (Fsp3) is 0.895. The van der Waals surface area contributed by atoms with Crippen LogP contribution in [0.1, 0.15) is 0 Å². The van der Waals surface area contributed by atoms with Crippen molar-refractivity contribution in [2.75, 3.05) is 112 Å². The summed E-state index contributed by atoms with van der Waals surface area (Å²) in [5.41, 5.74) is 0. The molecule has 9 heteroatoms. The highest BCUT2D eigenvalue weighted by Gasteiger charge is 1.94. The number of ether oxygens (including phenoxy) is 8. The SMILES string of the molecule is C=CCOCCOCCOCCOCCOCCOCCOCCOCCF. The Morgan fingerprint density at radius 1 is 0.429 bits per heavy atom. The second-order valence-corrected chi connectivity index (χ2v) is 5.34. The van der Waals surface area contributed by atoms with Crippen molar-refractivity contribution >= 4 is 0 Å². The van der Waals surface area contributed by atoms with E-state index in [0.29, 0.717) is 99.1 Å². The van der Waals surface area contributed by atoms with E-state index in [9.17, 15) is 4.39 Å². The van der Waals surface area contributed by atoms with Gasteiger partial charge in [-0.15, -0.1) is 6.58 Å². The van der Waals surface area contributed by atoms with Gasteiger partial charge in [-0.1, -0.05) is 6.08 Å². The van der Waals surface area contributed by atoms with Crippen LogP contribution in [0.15, 0.2) is 12.7 Å². The molecular weight excluding hydrogens is 375 g/mol. The van der Waals surface area contributed by atoms with Crippen LogP contribution in [0.2, 0.25) is 0 Å². The minimum Gasteiger partial charge on any atom is -0.377 e. The molecule has 0 rings (SSSR count). The number of rotatable bonds is 25. The van der Waals surface area contributed by atoms with Crippen molar-refractivity contribution in [1.82, 2.24) is 0 Å². The maximum Gasteiger partial charge on any atom is 0.113 e. The van der Waals surface area contributed by atoms with Crippen molar-refractivity contribution in [3.05, 3.63) is 12.7 Å². The first-order valence-corrected chi connectivity index (χ1v) is 9.70. The molecule has 28 heavy (non-hydrogen) atoms. The third-order valence-corrected chi connectivity index (χ3v) is 3.06. The summed E-state index contributed by atoms with van der Waals surface area (Å²) in [6.07, 6.45) is 1.71. The summed E-state index contributed by atoms with van der Waals surface area (Å²) >= 11 is 0. The first-order valence-electron chi connectivity index (χ1n) is 9.70. The Bertz CT molecular complexity index is 297. The van der Waals surface area contributed by atoms with Crippen molar-refractivity contribution in [1.29, 1.82) is 0 Å². The van der Waals surface area contributed by atoms with Gasteiger partial charge in [0.15, 0.2) is 0 Å². The molecule has 0 saturated heterocycles. The van der Waals surface area contributed by atoms with E-state index >= 15 is 0 Å². The Balaban J connectivity index is 2.97. The Morgan fingerprint density at radius 2 is 0.679 bits per heavy atom. The van der Waals surface area contributed by atoms with Gasteiger partial charge in [0, 0.05) is 0 Å². The highest BCUT2D eigenvalue weighted by molar-refractivity contribution is 4.63. The van der Waals surface area contributed by atoms with Crippen LogP contribution in [-0.2, 0) is 37.9 Å². The molecule has 0 heterocycles. The van der Waals surface area contributed by atoms with Crippen LogP contribution in [0.5, 0.6) is 0 Å². The van der Waals surface area contributed by atoms with Gasteiger partial charge in [0.05, 0.1) is 106 Å². The Morgan fingerprint density at radius 3 is 0.929 bits per heavy atom. The third kappa shape index (κ3) is 25.4. The minimum absolute atomic E-state index is 0.121. The summed E-state index contributed by atoms with van der Waals surface area (Å²) in [4.78, 5) is 0. The molecule has 0 bridgehead atoms. The van der Waals surface area contributed by atoms with Gasteiger partial charge in [-0.05, 0) is 0 Å². The summed E-state index contributed by atoms with van der Waals surface area (Å²) in [6, 6.07) is 0. The average Bonchev–Trinajstić information content (AvgIpc) is 2.71. The van der Waals surface area contributed by atoms with Crippen molar-refractivity contribution < 1.29 is 42.3 Å². The van der Waals surface area contributed by atoms with Gasteiger partial charge in [-0.2, -0.15) is 0 Å². The van der Waals surface area contributed by atoms with Gasteiger partial charge in [0.25, 0.3) is 0 Å². The summed E-state index contributed by atoms with van der Waals surface area (Å²) in [7, 11) is 0. The third-order valence-electron chi connectivity index (χ3n) is 3.06. The lowest BCUT2D eigenvalue weighted by Gasteiger charge is -2.08. The standard InChI is InChI=1S/C19H37FO8/c1-2-4-21-6-8-23-10-12-25-14-16-27-18-19-28-17-15-26-13-11-24-9-7-22-5-3-20/h2H,1,3-19H2. The largest absolute Gasteiger partial charge is 0.377 e. The van der Waals surface area contributed by atoms with Crippen LogP contribution in [0.4, 0.5) is 4.39 Å². The van der Waals surface area contributed by atoms with E-state index in [2.05, 4.69) is 6.58 Å². The van der Waals surface area contributed by atoms with Crippen LogP contribution in [0.25, 0.3) is 0 Å². The van der Waals surface area contributed by atoms with Crippen molar-refractivity contribution in [2.45, 2.75) is 0 Å². The molecule has 168 valence electrons. The lowest BCUT2D eigenvalue weighted by atomic mass is 10.6. The fourth-order valence-electron chi connectivity index (χ4n) is 1.76. The van der Waals surface area contributed by atoms with Gasteiger partial charge in [0.2, 0.25) is 0 Å². The second-order valence-electron chi connectivity index (χ2n) is 5.34.